The van der Waals surface area contributed by atoms with Gasteiger partial charge >= 0.3 is 12.0 Å². The molecule has 0 radical (unpaired) electrons. The molecule has 2 aliphatic rings. The Hall–Kier alpha value is -3.10. The number of anilines is 2. The second kappa shape index (κ2) is 7.03. The predicted molar refractivity (Wildman–Crippen MR) is 92.9 cm³/mol. The Labute approximate surface area is 150 Å². The maximum absolute atomic E-state index is 12.3. The minimum atomic E-state index is -1.15. The van der Waals surface area contributed by atoms with Crippen LogP contribution in [0, 0.1) is 0 Å². The van der Waals surface area contributed by atoms with Gasteiger partial charge in [0.2, 0.25) is 5.91 Å². The second-order valence-corrected chi connectivity index (χ2v) is 6.19. The zero-order chi connectivity index (χ0) is 18.8. The quantitative estimate of drug-likeness (QED) is 0.680. The Balaban J connectivity index is 1.71. The number of carbonyl (C=O) groups is 4. The molecule has 0 unspecified atom stereocenters. The summed E-state index contributed by atoms with van der Waals surface area (Å²) in [6.07, 6.45) is 0.611. The molecular weight excluding hydrogens is 340 g/mol. The lowest BCUT2D eigenvalue weighted by molar-refractivity contribution is -0.127. The molecule has 1 aromatic rings. The van der Waals surface area contributed by atoms with Gasteiger partial charge in [-0.25, -0.2) is 9.59 Å². The van der Waals surface area contributed by atoms with Crippen molar-refractivity contribution in [2.75, 3.05) is 23.8 Å². The van der Waals surface area contributed by atoms with Crippen molar-refractivity contribution in [3.63, 3.8) is 0 Å². The van der Waals surface area contributed by atoms with Crippen LogP contribution in [0.15, 0.2) is 18.2 Å². The summed E-state index contributed by atoms with van der Waals surface area (Å²) >= 11 is 0. The monoisotopic (exact) mass is 360 g/mol. The number of nitrogens with one attached hydrogen (secondary N) is 3. The number of nitrogens with zero attached hydrogens (tertiary/aromatic N) is 1. The van der Waals surface area contributed by atoms with Gasteiger partial charge in [-0.05, 0) is 38.0 Å². The molecule has 9 heteroatoms. The number of rotatable bonds is 3. The van der Waals surface area contributed by atoms with Crippen LogP contribution in [0.4, 0.5) is 16.2 Å². The first-order chi connectivity index (χ1) is 12.4. The maximum Gasteiger partial charge on any atom is 0.338 e. The summed E-state index contributed by atoms with van der Waals surface area (Å²) in [6, 6.07) is 4.05. The fourth-order valence-electron chi connectivity index (χ4n) is 3.12. The van der Waals surface area contributed by atoms with E-state index in [1.807, 2.05) is 10.2 Å². The van der Waals surface area contributed by atoms with Gasteiger partial charge in [-0.15, -0.1) is 0 Å². The van der Waals surface area contributed by atoms with E-state index in [2.05, 4.69) is 10.6 Å². The van der Waals surface area contributed by atoms with Crippen LogP contribution in [-0.4, -0.2) is 49.6 Å². The molecule has 3 rings (SSSR count). The number of carbonyl (C=O) groups excluding carboxylic acids is 4. The third kappa shape index (κ3) is 3.32. The summed E-state index contributed by atoms with van der Waals surface area (Å²) in [5, 5.41) is 7.09. The highest BCUT2D eigenvalue weighted by Gasteiger charge is 2.36. The van der Waals surface area contributed by atoms with Crippen LogP contribution in [0.5, 0.6) is 0 Å². The van der Waals surface area contributed by atoms with Gasteiger partial charge in [0.15, 0.2) is 6.10 Å². The van der Waals surface area contributed by atoms with Gasteiger partial charge in [-0.3, -0.25) is 14.9 Å². The van der Waals surface area contributed by atoms with Crippen LogP contribution in [-0.2, 0) is 14.3 Å². The van der Waals surface area contributed by atoms with E-state index in [0.717, 1.165) is 25.1 Å². The second-order valence-electron chi connectivity index (χ2n) is 6.19. The molecule has 3 N–H and O–H groups in total. The molecule has 2 heterocycles. The minimum absolute atomic E-state index is 0.0844. The Kier molecular flexibility index (Phi) is 4.79. The fourth-order valence-corrected chi connectivity index (χ4v) is 3.12. The van der Waals surface area contributed by atoms with E-state index in [0.29, 0.717) is 5.69 Å². The molecule has 26 heavy (non-hydrogen) atoms. The van der Waals surface area contributed by atoms with Crippen molar-refractivity contribution < 1.29 is 23.9 Å². The van der Waals surface area contributed by atoms with E-state index in [1.165, 1.54) is 20.0 Å². The number of urea groups is 1. The van der Waals surface area contributed by atoms with Crippen molar-refractivity contribution in [1.29, 1.82) is 0 Å². The fraction of sp³-hybridized carbons (Fsp3) is 0.412. The highest BCUT2D eigenvalue weighted by Crippen LogP contribution is 2.37. The Morgan fingerprint density at radius 1 is 1.35 bits per heavy atom. The molecule has 1 aromatic carbocycles. The molecule has 0 saturated carbocycles. The number of hydrogen-bond acceptors (Lipinski definition) is 6. The van der Waals surface area contributed by atoms with E-state index in [-0.39, 0.29) is 17.5 Å². The van der Waals surface area contributed by atoms with Gasteiger partial charge < -0.3 is 20.3 Å². The van der Waals surface area contributed by atoms with E-state index in [4.69, 9.17) is 4.74 Å². The lowest BCUT2D eigenvalue weighted by atomic mass is 10.1. The van der Waals surface area contributed by atoms with E-state index in [9.17, 15) is 19.2 Å². The van der Waals surface area contributed by atoms with Gasteiger partial charge in [0, 0.05) is 13.6 Å². The highest BCUT2D eigenvalue weighted by molar-refractivity contribution is 6.05. The van der Waals surface area contributed by atoms with Crippen LogP contribution in [0.3, 0.4) is 0 Å². The zero-order valence-electron chi connectivity index (χ0n) is 14.5. The van der Waals surface area contributed by atoms with E-state index < -0.39 is 24.0 Å². The third-order valence-electron chi connectivity index (χ3n) is 4.47. The lowest BCUT2D eigenvalue weighted by Gasteiger charge is -2.33. The van der Waals surface area contributed by atoms with Crippen molar-refractivity contribution >= 4 is 35.2 Å². The average Bonchev–Trinajstić information content (AvgIpc) is 3.11. The van der Waals surface area contributed by atoms with Crippen molar-refractivity contribution in [1.82, 2.24) is 10.6 Å². The number of ether oxygens (including phenoxy) is 1. The molecule has 0 aromatic heterocycles. The smallest absolute Gasteiger partial charge is 0.338 e. The van der Waals surface area contributed by atoms with Gasteiger partial charge in [0.05, 0.1) is 16.9 Å². The van der Waals surface area contributed by atoms with Crippen molar-refractivity contribution in [3.8, 4) is 0 Å². The van der Waals surface area contributed by atoms with E-state index in [1.54, 1.807) is 12.1 Å². The summed E-state index contributed by atoms with van der Waals surface area (Å²) in [4.78, 5) is 49.4. The SMILES string of the molecule is CNC(=O)NC(=O)[C@@H](C)OC(=O)c1ccc2c(c1)NC(=O)[C@H]1CCCN21. The Morgan fingerprint density at radius 2 is 2.12 bits per heavy atom. The highest BCUT2D eigenvalue weighted by atomic mass is 16.5. The topological polar surface area (TPSA) is 117 Å². The van der Waals surface area contributed by atoms with Gasteiger partial charge in [0.1, 0.15) is 6.04 Å². The molecule has 1 fully saturated rings. The normalized spacial score (nSPS) is 18.9. The van der Waals surface area contributed by atoms with Crippen LogP contribution >= 0.6 is 0 Å². The molecular formula is C17H20N4O5. The van der Waals surface area contributed by atoms with Crippen molar-refractivity contribution in [3.05, 3.63) is 23.8 Å². The molecule has 4 amide bonds. The number of fused-ring (bicyclic) bond motifs is 3. The standard InChI is InChI=1S/C17H20N4O5/c1-9(14(22)20-17(25)18-2)26-16(24)10-5-6-12-11(8-10)19-15(23)13-4-3-7-21(12)13/h5-6,8-9,13H,3-4,7H2,1-2H3,(H,19,23)(H2,18,20,22,25)/t9-,13-/m1/s1. The van der Waals surface area contributed by atoms with Gasteiger partial charge in [-0.1, -0.05) is 0 Å². The van der Waals surface area contributed by atoms with E-state index >= 15 is 0 Å². The number of imide groups is 1. The zero-order valence-corrected chi connectivity index (χ0v) is 14.5. The molecule has 2 aliphatic heterocycles. The molecule has 138 valence electrons. The first kappa shape index (κ1) is 17.7. The molecule has 2 atom stereocenters. The number of benzene rings is 1. The van der Waals surface area contributed by atoms with Crippen LogP contribution in [0.25, 0.3) is 0 Å². The number of amides is 4. The average molecular weight is 360 g/mol. The van der Waals surface area contributed by atoms with Crippen molar-refractivity contribution in [2.24, 2.45) is 0 Å². The number of hydrogen-bond donors (Lipinski definition) is 3. The maximum atomic E-state index is 12.3. The minimum Gasteiger partial charge on any atom is -0.449 e. The molecule has 0 aliphatic carbocycles. The van der Waals surface area contributed by atoms with Crippen LogP contribution in [0.1, 0.15) is 30.1 Å². The van der Waals surface area contributed by atoms with Crippen LogP contribution < -0.4 is 20.9 Å². The van der Waals surface area contributed by atoms with Gasteiger partial charge in [-0.2, -0.15) is 0 Å². The summed E-state index contributed by atoms with van der Waals surface area (Å²) in [6.45, 7) is 2.16. The molecule has 0 spiro atoms. The number of esters is 1. The molecule has 0 bridgehead atoms. The summed E-state index contributed by atoms with van der Waals surface area (Å²) in [7, 11) is 1.37. The van der Waals surface area contributed by atoms with Crippen LogP contribution in [0.2, 0.25) is 0 Å². The summed E-state index contributed by atoms with van der Waals surface area (Å²) in [5.74, 6) is -1.53. The first-order valence-electron chi connectivity index (χ1n) is 8.36. The molecule has 1 saturated heterocycles. The van der Waals surface area contributed by atoms with Crippen molar-refractivity contribution in [2.45, 2.75) is 31.9 Å². The Morgan fingerprint density at radius 3 is 2.85 bits per heavy atom. The summed E-state index contributed by atoms with van der Waals surface area (Å²) < 4.78 is 5.09. The predicted octanol–water partition coefficient (Wildman–Crippen LogP) is 0.608. The largest absolute Gasteiger partial charge is 0.449 e. The molecule has 9 nitrogen and oxygen atoms in total. The first-order valence-corrected chi connectivity index (χ1v) is 8.36. The third-order valence-corrected chi connectivity index (χ3v) is 4.47. The summed E-state index contributed by atoms with van der Waals surface area (Å²) in [5.41, 5.74) is 1.63. The Bertz CT molecular complexity index is 778. The lowest BCUT2D eigenvalue weighted by Crippen LogP contribution is -2.44. The van der Waals surface area contributed by atoms with Gasteiger partial charge in [0.25, 0.3) is 5.91 Å².